The highest BCUT2D eigenvalue weighted by Gasteiger charge is 2.25. The van der Waals surface area contributed by atoms with Crippen molar-refractivity contribution in [3.63, 3.8) is 0 Å². The third-order valence-electron chi connectivity index (χ3n) is 4.49. The molecule has 0 spiro atoms. The molecule has 3 aromatic rings. The molecule has 2 heterocycles. The van der Waals surface area contributed by atoms with Gasteiger partial charge in [-0.25, -0.2) is 0 Å². The maximum absolute atomic E-state index is 12.7. The van der Waals surface area contributed by atoms with Crippen LogP contribution in [0.15, 0.2) is 41.2 Å². The van der Waals surface area contributed by atoms with Gasteiger partial charge in [-0.3, -0.25) is 4.79 Å². The molecule has 0 atom stereocenters. The van der Waals surface area contributed by atoms with E-state index in [0.29, 0.717) is 46.4 Å². The predicted molar refractivity (Wildman–Crippen MR) is 99.3 cm³/mol. The second-order valence-corrected chi connectivity index (χ2v) is 5.99. The monoisotopic (exact) mass is 366 g/mol. The summed E-state index contributed by atoms with van der Waals surface area (Å²) in [5, 5.41) is 0. The number of rotatable bonds is 4. The van der Waals surface area contributed by atoms with E-state index in [1.807, 2.05) is 18.2 Å². The summed E-state index contributed by atoms with van der Waals surface area (Å²) in [6.07, 6.45) is 0.421. The van der Waals surface area contributed by atoms with Crippen LogP contribution in [0.2, 0.25) is 0 Å². The summed E-state index contributed by atoms with van der Waals surface area (Å²) < 4.78 is 21.9. The number of aromatic nitrogens is 2. The number of hydrogen-bond donors (Lipinski definition) is 1. The molecule has 0 radical (unpaired) electrons. The van der Waals surface area contributed by atoms with Gasteiger partial charge in [-0.15, -0.1) is 0 Å². The molecule has 7 nitrogen and oxygen atoms in total. The molecule has 7 heteroatoms. The molecule has 1 N–H and O–H groups in total. The van der Waals surface area contributed by atoms with E-state index in [-0.39, 0.29) is 11.4 Å². The first-order chi connectivity index (χ1) is 13.1. The fourth-order valence-corrected chi connectivity index (χ4v) is 3.10. The molecule has 0 aliphatic carbocycles. The first kappa shape index (κ1) is 17.0. The van der Waals surface area contributed by atoms with Gasteiger partial charge < -0.3 is 23.9 Å². The van der Waals surface area contributed by atoms with E-state index in [1.54, 1.807) is 39.5 Å². The lowest BCUT2D eigenvalue weighted by molar-refractivity contribution is 0.365. The van der Waals surface area contributed by atoms with Gasteiger partial charge in [-0.1, -0.05) is 12.1 Å². The van der Waals surface area contributed by atoms with E-state index in [4.69, 9.17) is 18.9 Å². The van der Waals surface area contributed by atoms with Crippen LogP contribution >= 0.6 is 0 Å². The summed E-state index contributed by atoms with van der Waals surface area (Å²) in [5.74, 6) is 2.99. The number of nitrogens with zero attached hydrogens (tertiary/aromatic N) is 1. The molecular formula is C20H18N2O5. The standard InChI is InChI=1S/C20H18N2O5/c1-24-12-7-8-13(16(10-12)26-3)18-21-19(23)14-9-11-5-4-6-15(25-2)17(11)27-20(14)22-18/h4-8,10H,9H2,1-3H3,(H,21,22,23). The molecule has 0 saturated carbocycles. The largest absolute Gasteiger partial charge is 0.497 e. The first-order valence-corrected chi connectivity index (χ1v) is 8.34. The quantitative estimate of drug-likeness (QED) is 0.597. The van der Waals surface area contributed by atoms with Crippen molar-refractivity contribution in [2.45, 2.75) is 6.42 Å². The van der Waals surface area contributed by atoms with Crippen molar-refractivity contribution in [3.8, 4) is 40.3 Å². The highest BCUT2D eigenvalue weighted by molar-refractivity contribution is 5.67. The molecule has 0 saturated heterocycles. The number of ether oxygens (including phenoxy) is 4. The van der Waals surface area contributed by atoms with E-state index in [9.17, 15) is 4.79 Å². The Morgan fingerprint density at radius 3 is 2.59 bits per heavy atom. The fraction of sp³-hybridized carbons (Fsp3) is 0.200. The van der Waals surface area contributed by atoms with Gasteiger partial charge in [0.2, 0.25) is 5.88 Å². The SMILES string of the molecule is COc1ccc(-c2nc3c(c(=O)[nH]2)Cc2cccc(OC)c2O3)c(OC)c1. The summed E-state index contributed by atoms with van der Waals surface area (Å²) in [4.78, 5) is 20.0. The molecule has 138 valence electrons. The Morgan fingerprint density at radius 1 is 1.04 bits per heavy atom. The Kier molecular flexibility index (Phi) is 4.19. The van der Waals surface area contributed by atoms with Crippen LogP contribution in [0.5, 0.6) is 28.9 Å². The zero-order valence-corrected chi connectivity index (χ0v) is 15.2. The predicted octanol–water partition coefficient (Wildman–Crippen LogP) is 3.16. The van der Waals surface area contributed by atoms with Gasteiger partial charge in [0.05, 0.1) is 32.5 Å². The summed E-state index contributed by atoms with van der Waals surface area (Å²) in [7, 11) is 4.70. The van der Waals surface area contributed by atoms with Gasteiger partial charge in [-0.2, -0.15) is 4.98 Å². The van der Waals surface area contributed by atoms with Crippen molar-refractivity contribution in [1.82, 2.24) is 9.97 Å². The average Bonchev–Trinajstić information content (AvgIpc) is 2.71. The minimum absolute atomic E-state index is 0.249. The van der Waals surface area contributed by atoms with Crippen molar-refractivity contribution in [3.05, 3.63) is 57.9 Å². The molecule has 1 aromatic heterocycles. The highest BCUT2D eigenvalue weighted by atomic mass is 16.5. The lowest BCUT2D eigenvalue weighted by Gasteiger charge is -2.21. The molecule has 27 heavy (non-hydrogen) atoms. The number of fused-ring (bicyclic) bond motifs is 2. The minimum Gasteiger partial charge on any atom is -0.497 e. The lowest BCUT2D eigenvalue weighted by atomic mass is 10.0. The Hall–Kier alpha value is -3.48. The number of para-hydroxylation sites is 1. The van der Waals surface area contributed by atoms with Crippen LogP contribution in [0.25, 0.3) is 11.4 Å². The maximum Gasteiger partial charge on any atom is 0.258 e. The van der Waals surface area contributed by atoms with Crippen LogP contribution in [0.4, 0.5) is 0 Å². The zero-order chi connectivity index (χ0) is 19.0. The minimum atomic E-state index is -0.249. The summed E-state index contributed by atoms with van der Waals surface area (Å²) in [5.41, 5.74) is 1.74. The highest BCUT2D eigenvalue weighted by Crippen LogP contribution is 2.41. The van der Waals surface area contributed by atoms with Gasteiger partial charge in [0.1, 0.15) is 17.3 Å². The fourth-order valence-electron chi connectivity index (χ4n) is 3.10. The molecule has 0 fully saturated rings. The number of methoxy groups -OCH3 is 3. The maximum atomic E-state index is 12.7. The van der Waals surface area contributed by atoms with Crippen molar-refractivity contribution < 1.29 is 18.9 Å². The van der Waals surface area contributed by atoms with Crippen LogP contribution in [0.1, 0.15) is 11.1 Å². The number of aromatic amines is 1. The van der Waals surface area contributed by atoms with Gasteiger partial charge in [0, 0.05) is 18.1 Å². The molecule has 4 rings (SSSR count). The second kappa shape index (κ2) is 6.68. The molecule has 1 aliphatic heterocycles. The molecular weight excluding hydrogens is 348 g/mol. The van der Waals surface area contributed by atoms with Crippen molar-refractivity contribution in [2.75, 3.05) is 21.3 Å². The third-order valence-corrected chi connectivity index (χ3v) is 4.49. The Morgan fingerprint density at radius 2 is 1.85 bits per heavy atom. The zero-order valence-electron chi connectivity index (χ0n) is 15.2. The van der Waals surface area contributed by atoms with E-state index in [2.05, 4.69) is 9.97 Å². The third kappa shape index (κ3) is 2.87. The smallest absolute Gasteiger partial charge is 0.258 e. The van der Waals surface area contributed by atoms with Gasteiger partial charge in [0.15, 0.2) is 11.5 Å². The molecule has 1 aliphatic rings. The van der Waals surface area contributed by atoms with E-state index in [0.717, 1.165) is 5.56 Å². The Balaban J connectivity index is 1.82. The van der Waals surface area contributed by atoms with Crippen molar-refractivity contribution in [1.29, 1.82) is 0 Å². The van der Waals surface area contributed by atoms with E-state index < -0.39 is 0 Å². The number of hydrogen-bond acceptors (Lipinski definition) is 6. The normalized spacial score (nSPS) is 11.8. The molecule has 0 amide bonds. The Labute approximate surface area is 155 Å². The van der Waals surface area contributed by atoms with E-state index >= 15 is 0 Å². The van der Waals surface area contributed by atoms with Gasteiger partial charge in [0.25, 0.3) is 5.56 Å². The van der Waals surface area contributed by atoms with Crippen LogP contribution in [0.3, 0.4) is 0 Å². The molecule has 2 aromatic carbocycles. The number of H-pyrrole nitrogens is 1. The second-order valence-electron chi connectivity index (χ2n) is 5.99. The van der Waals surface area contributed by atoms with Gasteiger partial charge in [-0.05, 0) is 18.2 Å². The number of nitrogens with one attached hydrogen (secondary N) is 1. The average molecular weight is 366 g/mol. The van der Waals surface area contributed by atoms with Crippen LogP contribution in [-0.4, -0.2) is 31.3 Å². The van der Waals surface area contributed by atoms with E-state index in [1.165, 1.54) is 0 Å². The Bertz CT molecular complexity index is 1070. The van der Waals surface area contributed by atoms with Crippen LogP contribution < -0.4 is 24.5 Å². The molecule has 0 unspecified atom stereocenters. The van der Waals surface area contributed by atoms with Crippen molar-refractivity contribution >= 4 is 0 Å². The van der Waals surface area contributed by atoms with Crippen LogP contribution in [-0.2, 0) is 6.42 Å². The van der Waals surface area contributed by atoms with Crippen LogP contribution in [0, 0.1) is 0 Å². The topological polar surface area (TPSA) is 82.7 Å². The lowest BCUT2D eigenvalue weighted by Crippen LogP contribution is -2.20. The first-order valence-electron chi connectivity index (χ1n) is 8.34. The van der Waals surface area contributed by atoms with Gasteiger partial charge >= 0.3 is 0 Å². The summed E-state index contributed by atoms with van der Waals surface area (Å²) in [6.45, 7) is 0. The summed E-state index contributed by atoms with van der Waals surface area (Å²) in [6, 6.07) is 10.9. The summed E-state index contributed by atoms with van der Waals surface area (Å²) >= 11 is 0. The molecule has 0 bridgehead atoms. The number of benzene rings is 2. The van der Waals surface area contributed by atoms with Crippen molar-refractivity contribution in [2.24, 2.45) is 0 Å².